The van der Waals surface area contributed by atoms with E-state index >= 15 is 0 Å². The number of aliphatic hydroxyl groups is 1. The predicted molar refractivity (Wildman–Crippen MR) is 83.6 cm³/mol. The molecule has 2 N–H and O–H groups in total. The molecule has 1 saturated carbocycles. The maximum absolute atomic E-state index is 9.58. The molecule has 2 atom stereocenters. The average molecular weight is 286 g/mol. The van der Waals surface area contributed by atoms with Crippen molar-refractivity contribution in [3.05, 3.63) is 36.0 Å². The first-order chi connectivity index (χ1) is 10.2. The van der Waals surface area contributed by atoms with Gasteiger partial charge in [-0.1, -0.05) is 18.2 Å². The Morgan fingerprint density at radius 2 is 2.24 bits per heavy atom. The summed E-state index contributed by atoms with van der Waals surface area (Å²) in [6.07, 6.45) is 2.82. The SMILES string of the molecule is CNC1(CO)CCC(Oc2cccc3ccc(C)nc23)C1. The van der Waals surface area contributed by atoms with Gasteiger partial charge >= 0.3 is 0 Å². The van der Waals surface area contributed by atoms with Crippen molar-refractivity contribution in [2.75, 3.05) is 13.7 Å². The molecule has 0 amide bonds. The summed E-state index contributed by atoms with van der Waals surface area (Å²) in [5.41, 5.74) is 1.71. The summed E-state index contributed by atoms with van der Waals surface area (Å²) in [4.78, 5) is 4.60. The van der Waals surface area contributed by atoms with Gasteiger partial charge in [0, 0.05) is 23.0 Å². The van der Waals surface area contributed by atoms with Crippen LogP contribution in [0.3, 0.4) is 0 Å². The van der Waals surface area contributed by atoms with E-state index in [0.717, 1.165) is 41.6 Å². The summed E-state index contributed by atoms with van der Waals surface area (Å²) in [7, 11) is 1.90. The highest BCUT2D eigenvalue weighted by Gasteiger charge is 2.38. The molecule has 2 unspecified atom stereocenters. The fourth-order valence-electron chi connectivity index (χ4n) is 3.12. The van der Waals surface area contributed by atoms with Crippen molar-refractivity contribution in [3.63, 3.8) is 0 Å². The molecule has 3 rings (SSSR count). The molecule has 1 aliphatic rings. The van der Waals surface area contributed by atoms with Gasteiger partial charge in [-0.25, -0.2) is 4.98 Å². The number of nitrogens with zero attached hydrogens (tertiary/aromatic N) is 1. The minimum Gasteiger partial charge on any atom is -0.488 e. The molecule has 112 valence electrons. The monoisotopic (exact) mass is 286 g/mol. The molecular weight excluding hydrogens is 264 g/mol. The lowest BCUT2D eigenvalue weighted by Crippen LogP contribution is -2.44. The first-order valence-electron chi connectivity index (χ1n) is 7.49. The molecule has 0 saturated heterocycles. The topological polar surface area (TPSA) is 54.4 Å². The highest BCUT2D eigenvalue weighted by molar-refractivity contribution is 5.84. The number of para-hydroxylation sites is 1. The number of hydrogen-bond acceptors (Lipinski definition) is 4. The minimum absolute atomic E-state index is 0.123. The molecule has 2 aromatic rings. The zero-order valence-electron chi connectivity index (χ0n) is 12.6. The quantitative estimate of drug-likeness (QED) is 0.906. The molecule has 1 heterocycles. The Kier molecular flexibility index (Phi) is 3.83. The average Bonchev–Trinajstić information content (AvgIpc) is 2.92. The lowest BCUT2D eigenvalue weighted by molar-refractivity contribution is 0.147. The third kappa shape index (κ3) is 2.74. The van der Waals surface area contributed by atoms with E-state index < -0.39 is 0 Å². The van der Waals surface area contributed by atoms with Gasteiger partial charge < -0.3 is 15.2 Å². The summed E-state index contributed by atoms with van der Waals surface area (Å²) < 4.78 is 6.19. The van der Waals surface area contributed by atoms with E-state index in [-0.39, 0.29) is 18.2 Å². The van der Waals surface area contributed by atoms with E-state index in [0.29, 0.717) is 0 Å². The zero-order valence-corrected chi connectivity index (χ0v) is 12.6. The summed E-state index contributed by atoms with van der Waals surface area (Å²) >= 11 is 0. The number of aliphatic hydroxyl groups excluding tert-OH is 1. The number of hydrogen-bond donors (Lipinski definition) is 2. The van der Waals surface area contributed by atoms with E-state index in [1.807, 2.05) is 32.2 Å². The maximum atomic E-state index is 9.58. The second-order valence-electron chi connectivity index (χ2n) is 5.95. The number of ether oxygens (including phenoxy) is 1. The van der Waals surface area contributed by atoms with Gasteiger partial charge in [-0.3, -0.25) is 0 Å². The lowest BCUT2D eigenvalue weighted by atomic mass is 9.99. The van der Waals surface area contributed by atoms with Gasteiger partial charge in [-0.2, -0.15) is 0 Å². The molecule has 1 aliphatic carbocycles. The Hall–Kier alpha value is -1.65. The molecule has 1 aromatic carbocycles. The van der Waals surface area contributed by atoms with Gasteiger partial charge in [0.05, 0.1) is 6.61 Å². The van der Waals surface area contributed by atoms with Crippen LogP contribution in [0.15, 0.2) is 30.3 Å². The third-order valence-corrected chi connectivity index (χ3v) is 4.51. The number of fused-ring (bicyclic) bond motifs is 1. The smallest absolute Gasteiger partial charge is 0.145 e. The number of rotatable bonds is 4. The number of benzene rings is 1. The number of nitrogens with one attached hydrogen (secondary N) is 1. The molecule has 21 heavy (non-hydrogen) atoms. The fraction of sp³-hybridized carbons (Fsp3) is 0.471. The lowest BCUT2D eigenvalue weighted by Gasteiger charge is -2.26. The van der Waals surface area contributed by atoms with Crippen molar-refractivity contribution in [1.29, 1.82) is 0 Å². The molecule has 0 bridgehead atoms. The van der Waals surface area contributed by atoms with Crippen LogP contribution in [0.4, 0.5) is 0 Å². The second kappa shape index (κ2) is 5.62. The summed E-state index contributed by atoms with van der Waals surface area (Å²) in [6, 6.07) is 10.1. The highest BCUT2D eigenvalue weighted by atomic mass is 16.5. The molecule has 0 spiro atoms. The van der Waals surface area contributed by atoms with Gasteiger partial charge in [-0.05, 0) is 38.9 Å². The third-order valence-electron chi connectivity index (χ3n) is 4.51. The fourth-order valence-corrected chi connectivity index (χ4v) is 3.12. The first kappa shape index (κ1) is 14.3. The second-order valence-corrected chi connectivity index (χ2v) is 5.95. The van der Waals surface area contributed by atoms with E-state index in [4.69, 9.17) is 4.74 Å². The summed E-state index contributed by atoms with van der Waals surface area (Å²) in [5, 5.41) is 13.9. The van der Waals surface area contributed by atoms with Crippen molar-refractivity contribution in [2.24, 2.45) is 0 Å². The molecular formula is C17H22N2O2. The normalized spacial score (nSPS) is 25.4. The summed E-state index contributed by atoms with van der Waals surface area (Å²) in [6.45, 7) is 2.14. The first-order valence-corrected chi connectivity index (χ1v) is 7.49. The van der Waals surface area contributed by atoms with E-state index in [9.17, 15) is 5.11 Å². The Bertz CT molecular complexity index is 638. The van der Waals surface area contributed by atoms with Gasteiger partial charge in [-0.15, -0.1) is 0 Å². The number of aromatic nitrogens is 1. The van der Waals surface area contributed by atoms with Crippen LogP contribution in [-0.4, -0.2) is 35.4 Å². The van der Waals surface area contributed by atoms with Crippen LogP contribution in [0.25, 0.3) is 10.9 Å². The van der Waals surface area contributed by atoms with Crippen LogP contribution in [-0.2, 0) is 0 Å². The number of likely N-dealkylation sites (N-methyl/N-ethyl adjacent to an activating group) is 1. The summed E-state index contributed by atoms with van der Waals surface area (Å²) in [5.74, 6) is 0.839. The van der Waals surface area contributed by atoms with Gasteiger partial charge in [0.25, 0.3) is 0 Å². The van der Waals surface area contributed by atoms with Gasteiger partial charge in [0.2, 0.25) is 0 Å². The van der Waals surface area contributed by atoms with E-state index in [2.05, 4.69) is 22.4 Å². The van der Waals surface area contributed by atoms with Crippen LogP contribution < -0.4 is 10.1 Å². The Morgan fingerprint density at radius 3 is 2.95 bits per heavy atom. The Balaban J connectivity index is 1.84. The maximum Gasteiger partial charge on any atom is 0.145 e. The Labute approximate surface area is 125 Å². The predicted octanol–water partition coefficient (Wildman–Crippen LogP) is 2.43. The number of pyridine rings is 1. The molecule has 4 heteroatoms. The standard InChI is InChI=1S/C17H22N2O2/c1-12-6-7-13-4-3-5-15(16(13)19-12)21-14-8-9-17(10-14,11-20)18-2/h3-7,14,18,20H,8-11H2,1-2H3. The largest absolute Gasteiger partial charge is 0.488 e. The van der Waals surface area contributed by atoms with Crippen LogP contribution in [0.2, 0.25) is 0 Å². The van der Waals surface area contributed by atoms with Crippen molar-refractivity contribution >= 4 is 10.9 Å². The molecule has 1 aromatic heterocycles. The van der Waals surface area contributed by atoms with Crippen molar-refractivity contribution in [2.45, 2.75) is 37.8 Å². The highest BCUT2D eigenvalue weighted by Crippen LogP contribution is 2.34. The van der Waals surface area contributed by atoms with Crippen LogP contribution >= 0.6 is 0 Å². The molecule has 0 aliphatic heterocycles. The minimum atomic E-state index is -0.196. The molecule has 4 nitrogen and oxygen atoms in total. The van der Waals surface area contributed by atoms with E-state index in [1.54, 1.807) is 0 Å². The number of aryl methyl sites for hydroxylation is 1. The van der Waals surface area contributed by atoms with Crippen molar-refractivity contribution < 1.29 is 9.84 Å². The van der Waals surface area contributed by atoms with Crippen LogP contribution in [0, 0.1) is 6.92 Å². The van der Waals surface area contributed by atoms with Crippen molar-refractivity contribution in [1.82, 2.24) is 10.3 Å². The Morgan fingerprint density at radius 1 is 1.38 bits per heavy atom. The zero-order chi connectivity index (χ0) is 14.9. The van der Waals surface area contributed by atoms with E-state index in [1.165, 1.54) is 0 Å². The molecule has 0 radical (unpaired) electrons. The van der Waals surface area contributed by atoms with Crippen LogP contribution in [0.5, 0.6) is 5.75 Å². The van der Waals surface area contributed by atoms with Gasteiger partial charge in [0.15, 0.2) is 0 Å². The van der Waals surface area contributed by atoms with Gasteiger partial charge in [0.1, 0.15) is 17.4 Å². The molecule has 1 fully saturated rings. The van der Waals surface area contributed by atoms with Crippen LogP contribution in [0.1, 0.15) is 25.0 Å². The van der Waals surface area contributed by atoms with Crippen molar-refractivity contribution in [3.8, 4) is 5.75 Å².